The number of fused-ring (bicyclic) bond motifs is 1. The van der Waals surface area contributed by atoms with Gasteiger partial charge in [0.2, 0.25) is 5.88 Å². The van der Waals surface area contributed by atoms with Crippen molar-refractivity contribution < 1.29 is 19.1 Å². The molecule has 0 unspecified atom stereocenters. The van der Waals surface area contributed by atoms with Gasteiger partial charge in [-0.3, -0.25) is 9.59 Å². The molecule has 1 aliphatic rings. The third-order valence-corrected chi connectivity index (χ3v) is 5.07. The van der Waals surface area contributed by atoms with Crippen LogP contribution in [0.5, 0.6) is 5.88 Å². The highest BCUT2D eigenvalue weighted by Gasteiger charge is 2.25. The summed E-state index contributed by atoms with van der Waals surface area (Å²) in [5.41, 5.74) is 1.87. The van der Waals surface area contributed by atoms with E-state index in [4.69, 9.17) is 9.47 Å². The molecule has 0 saturated carbocycles. The average Bonchev–Trinajstić information content (AvgIpc) is 3.25. The molecule has 0 saturated heterocycles. The third kappa shape index (κ3) is 9.41. The Hall–Kier alpha value is -3.09. The van der Waals surface area contributed by atoms with Gasteiger partial charge in [-0.05, 0) is 42.4 Å². The van der Waals surface area contributed by atoms with Crippen LogP contribution in [0.4, 0.5) is 0 Å². The number of rotatable bonds is 11. The van der Waals surface area contributed by atoms with Gasteiger partial charge in [0.25, 0.3) is 5.91 Å². The van der Waals surface area contributed by atoms with Gasteiger partial charge in [0, 0.05) is 38.1 Å². The highest BCUT2D eigenvalue weighted by molar-refractivity contribution is 5.94. The van der Waals surface area contributed by atoms with Crippen molar-refractivity contribution in [3.05, 3.63) is 60.6 Å². The smallest absolute Gasteiger partial charge is 0.307 e. The molecule has 1 aliphatic heterocycles. The Kier molecular flexibility index (Phi) is 11.4. The maximum atomic E-state index is 12.5. The van der Waals surface area contributed by atoms with Gasteiger partial charge in [-0.25, -0.2) is 4.98 Å². The molecule has 34 heavy (non-hydrogen) atoms. The minimum atomic E-state index is -0.237. The van der Waals surface area contributed by atoms with E-state index in [9.17, 15) is 9.59 Å². The molecular weight excluding hydrogens is 430 g/mol. The van der Waals surface area contributed by atoms with E-state index in [2.05, 4.69) is 25.4 Å². The summed E-state index contributed by atoms with van der Waals surface area (Å²) < 4.78 is 12.5. The molecule has 1 amide bonds. The fourth-order valence-corrected chi connectivity index (χ4v) is 3.29. The number of aromatic nitrogens is 2. The summed E-state index contributed by atoms with van der Waals surface area (Å²) in [5.74, 6) is 1.35. The molecule has 3 heterocycles. The van der Waals surface area contributed by atoms with Crippen LogP contribution in [0, 0.1) is 11.8 Å². The molecular formula is C27H39N3O4. The first-order chi connectivity index (χ1) is 16.3. The van der Waals surface area contributed by atoms with Crippen molar-refractivity contribution in [2.45, 2.75) is 53.5 Å². The molecule has 7 heteroatoms. The van der Waals surface area contributed by atoms with Crippen LogP contribution in [0.3, 0.4) is 0 Å². The summed E-state index contributed by atoms with van der Waals surface area (Å²) in [6.45, 7) is 15.0. The molecule has 3 rings (SSSR count). The maximum Gasteiger partial charge on any atom is 0.307 e. The van der Waals surface area contributed by atoms with Gasteiger partial charge in [0.1, 0.15) is 5.69 Å². The fourth-order valence-electron chi connectivity index (χ4n) is 3.29. The first-order valence-electron chi connectivity index (χ1n) is 12.1. The Morgan fingerprint density at radius 1 is 1.18 bits per heavy atom. The van der Waals surface area contributed by atoms with Crippen LogP contribution in [0.2, 0.25) is 0 Å². The molecule has 0 bridgehead atoms. The number of aryl methyl sites for hydroxylation is 1. The maximum absolute atomic E-state index is 12.5. The molecule has 0 aromatic carbocycles. The quantitative estimate of drug-likeness (QED) is 0.350. The van der Waals surface area contributed by atoms with Crippen molar-refractivity contribution in [3.8, 4) is 5.88 Å². The number of esters is 1. The molecule has 186 valence electrons. The second kappa shape index (κ2) is 14.2. The normalized spacial score (nSPS) is 12.8. The van der Waals surface area contributed by atoms with Crippen molar-refractivity contribution in [3.63, 3.8) is 0 Å². The van der Waals surface area contributed by atoms with Crippen LogP contribution in [-0.2, 0) is 22.5 Å². The number of carbonyl (C=O) groups is 2. The van der Waals surface area contributed by atoms with Crippen LogP contribution >= 0.6 is 0 Å². The van der Waals surface area contributed by atoms with Crippen molar-refractivity contribution in [2.24, 2.45) is 11.8 Å². The number of hydrogen-bond acceptors (Lipinski definition) is 5. The second-order valence-corrected chi connectivity index (χ2v) is 9.25. The van der Waals surface area contributed by atoms with Crippen LogP contribution < -0.4 is 4.74 Å². The summed E-state index contributed by atoms with van der Waals surface area (Å²) in [7, 11) is 0. The largest absolute Gasteiger partial charge is 0.477 e. The zero-order valence-electron chi connectivity index (χ0n) is 21.0. The van der Waals surface area contributed by atoms with E-state index in [1.165, 1.54) is 0 Å². The Morgan fingerprint density at radius 2 is 1.94 bits per heavy atom. The highest BCUT2D eigenvalue weighted by atomic mass is 16.5. The van der Waals surface area contributed by atoms with E-state index in [0.29, 0.717) is 43.1 Å². The molecule has 7 nitrogen and oxygen atoms in total. The lowest BCUT2D eigenvalue weighted by molar-refractivity contribution is -0.144. The van der Waals surface area contributed by atoms with Gasteiger partial charge < -0.3 is 18.9 Å². The van der Waals surface area contributed by atoms with Gasteiger partial charge in [0.15, 0.2) is 0 Å². The third-order valence-electron chi connectivity index (χ3n) is 5.07. The van der Waals surface area contributed by atoms with Crippen LogP contribution in [-0.4, -0.2) is 52.6 Å². The summed E-state index contributed by atoms with van der Waals surface area (Å²) in [6, 6.07) is 7.61. The van der Waals surface area contributed by atoms with E-state index in [0.717, 1.165) is 31.6 Å². The van der Waals surface area contributed by atoms with E-state index in [1.807, 2.05) is 55.0 Å². The molecule has 0 radical (unpaired) electrons. The first-order valence-corrected chi connectivity index (χ1v) is 12.1. The van der Waals surface area contributed by atoms with Crippen LogP contribution in [0.15, 0.2) is 49.3 Å². The minimum absolute atomic E-state index is 0.00207. The average molecular weight is 470 g/mol. The SMILES string of the molecule is C=CCCc1cc2n(c1)CCN(CCC(=O)OCC(C)C)C2=O.CC(C)COc1ccccn1. The summed E-state index contributed by atoms with van der Waals surface area (Å²) in [5, 5.41) is 0. The molecule has 0 spiro atoms. The second-order valence-electron chi connectivity index (χ2n) is 9.25. The van der Waals surface area contributed by atoms with Crippen molar-refractivity contribution in [1.29, 1.82) is 0 Å². The lowest BCUT2D eigenvalue weighted by atomic mass is 10.2. The summed E-state index contributed by atoms with van der Waals surface area (Å²) >= 11 is 0. The number of nitrogens with zero attached hydrogens (tertiary/aromatic N) is 3. The van der Waals surface area contributed by atoms with Gasteiger partial charge in [-0.2, -0.15) is 0 Å². The van der Waals surface area contributed by atoms with Crippen molar-refractivity contribution >= 4 is 11.9 Å². The Labute approximate surface area is 203 Å². The molecule has 0 fully saturated rings. The molecule has 2 aromatic rings. The number of carbonyl (C=O) groups excluding carboxylic acids is 2. The van der Waals surface area contributed by atoms with Gasteiger partial charge in [-0.15, -0.1) is 6.58 Å². The molecule has 0 N–H and O–H groups in total. The predicted molar refractivity (Wildman–Crippen MR) is 134 cm³/mol. The van der Waals surface area contributed by atoms with E-state index in [1.54, 1.807) is 11.1 Å². The van der Waals surface area contributed by atoms with Gasteiger partial charge in [-0.1, -0.05) is 39.8 Å². The minimum Gasteiger partial charge on any atom is -0.477 e. The standard InChI is InChI=1S/C18H26N2O3.C9H13NO/c1-4-5-6-15-11-16-18(22)19(9-10-20(16)12-15)8-7-17(21)23-13-14(2)3;1-8(2)7-11-9-5-3-4-6-10-9/h4,11-12,14H,1,5-10,13H2,2-3H3;3-6,8H,7H2,1-2H3. The van der Waals surface area contributed by atoms with Crippen molar-refractivity contribution in [2.75, 3.05) is 26.3 Å². The van der Waals surface area contributed by atoms with E-state index >= 15 is 0 Å². The lowest BCUT2D eigenvalue weighted by Crippen LogP contribution is -2.41. The van der Waals surface area contributed by atoms with Crippen LogP contribution in [0.25, 0.3) is 0 Å². The number of allylic oxidation sites excluding steroid dienone is 1. The first kappa shape index (κ1) is 27.2. The number of amides is 1. The monoisotopic (exact) mass is 469 g/mol. The predicted octanol–water partition coefficient (Wildman–Crippen LogP) is 4.77. The lowest BCUT2D eigenvalue weighted by Gasteiger charge is -2.28. The Morgan fingerprint density at radius 3 is 2.59 bits per heavy atom. The summed E-state index contributed by atoms with van der Waals surface area (Å²) in [6.07, 6.45) is 7.72. The van der Waals surface area contributed by atoms with Crippen molar-refractivity contribution in [1.82, 2.24) is 14.5 Å². The van der Waals surface area contributed by atoms with E-state index < -0.39 is 0 Å². The zero-order chi connectivity index (χ0) is 24.9. The topological polar surface area (TPSA) is 73.7 Å². The van der Waals surface area contributed by atoms with Gasteiger partial charge >= 0.3 is 5.97 Å². The highest BCUT2D eigenvalue weighted by Crippen LogP contribution is 2.18. The van der Waals surface area contributed by atoms with Gasteiger partial charge in [0.05, 0.1) is 19.6 Å². The molecule has 2 aromatic heterocycles. The van der Waals surface area contributed by atoms with Crippen LogP contribution in [0.1, 0.15) is 56.6 Å². The number of pyridine rings is 1. The Balaban J connectivity index is 0.000000310. The van der Waals surface area contributed by atoms with E-state index in [-0.39, 0.29) is 18.3 Å². The molecule has 0 aliphatic carbocycles. The Bertz CT molecular complexity index is 906. The summed E-state index contributed by atoms with van der Waals surface area (Å²) in [4.78, 5) is 30.0. The fraction of sp³-hybridized carbons (Fsp3) is 0.519. The number of ether oxygens (including phenoxy) is 2. The molecule has 0 atom stereocenters. The number of hydrogen-bond donors (Lipinski definition) is 0. The zero-order valence-corrected chi connectivity index (χ0v) is 21.0.